The number of carboxylic acid groups (broad SMARTS) is 1. The van der Waals surface area contributed by atoms with Gasteiger partial charge in [-0.3, -0.25) is 9.98 Å². The molecule has 0 radical (unpaired) electrons. The fraction of sp³-hybridized carbons (Fsp3) is 0. The van der Waals surface area contributed by atoms with Gasteiger partial charge in [0.1, 0.15) is 5.75 Å². The Morgan fingerprint density at radius 3 is 2.20 bits per heavy atom. The van der Waals surface area contributed by atoms with Crippen LogP contribution in [0.2, 0.25) is 0 Å². The third-order valence-corrected chi connectivity index (χ3v) is 3.37. The minimum atomic E-state index is -4.07. The van der Waals surface area contributed by atoms with Gasteiger partial charge in [0.25, 0.3) is 0 Å². The Bertz CT molecular complexity index is 642. The number of hydrogen-bond donors (Lipinski definition) is 3. The highest BCUT2D eigenvalue weighted by atomic mass is 31.2. The third-order valence-electron chi connectivity index (χ3n) is 2.37. The zero-order chi connectivity index (χ0) is 14.6. The molecule has 0 saturated heterocycles. The van der Waals surface area contributed by atoms with Gasteiger partial charge >= 0.3 is 13.7 Å². The molecule has 0 aliphatic heterocycles. The zero-order valence-corrected chi connectivity index (χ0v) is 11.2. The Morgan fingerprint density at radius 1 is 1.05 bits per heavy atom. The molecular weight excluding hydrogens is 281 g/mol. The molecule has 20 heavy (non-hydrogen) atoms. The highest BCUT2D eigenvalue weighted by molar-refractivity contribution is 7.54. The largest absolute Gasteiger partial charge is 0.483 e. The van der Waals surface area contributed by atoms with Crippen LogP contribution in [-0.2, 0) is 4.57 Å². The lowest BCUT2D eigenvalue weighted by molar-refractivity contribution is 0.0697. The molecule has 1 unspecified atom stereocenters. The van der Waals surface area contributed by atoms with Crippen molar-refractivity contribution in [2.75, 3.05) is 5.09 Å². The topological polar surface area (TPSA) is 95.9 Å². The highest BCUT2D eigenvalue weighted by Gasteiger charge is 2.21. The Balaban J connectivity index is 2.08. The minimum Gasteiger partial charge on any atom is -0.478 e. The normalized spacial score (nSPS) is 13.2. The minimum absolute atomic E-state index is 0.0705. The third kappa shape index (κ3) is 3.85. The van der Waals surface area contributed by atoms with Crippen molar-refractivity contribution < 1.29 is 23.9 Å². The van der Waals surface area contributed by atoms with E-state index in [1.807, 2.05) is 0 Å². The van der Waals surface area contributed by atoms with Crippen molar-refractivity contribution in [3.05, 3.63) is 60.2 Å². The maximum absolute atomic E-state index is 11.9. The van der Waals surface area contributed by atoms with E-state index in [1.54, 1.807) is 30.3 Å². The van der Waals surface area contributed by atoms with Crippen LogP contribution in [0.15, 0.2) is 54.6 Å². The van der Waals surface area contributed by atoms with E-state index in [0.717, 1.165) is 0 Å². The Labute approximate surface area is 115 Å². The molecule has 1 atom stereocenters. The predicted octanol–water partition coefficient (Wildman–Crippen LogP) is 2.98. The number of hydrogen-bond acceptors (Lipinski definition) is 3. The standard InChI is InChI=1S/C13H12NO5P/c15-13(16)10-6-8-12(9-7-10)19-20(17,18)14-11-4-2-1-3-5-11/h1-9H,(H,15,16)(H2,14,17,18). The Morgan fingerprint density at radius 2 is 1.65 bits per heavy atom. The van der Waals surface area contributed by atoms with Crippen LogP contribution >= 0.6 is 7.75 Å². The highest BCUT2D eigenvalue weighted by Crippen LogP contribution is 2.42. The van der Waals surface area contributed by atoms with Gasteiger partial charge in [0.15, 0.2) is 0 Å². The van der Waals surface area contributed by atoms with E-state index in [4.69, 9.17) is 9.63 Å². The second kappa shape index (κ2) is 5.77. The first-order chi connectivity index (χ1) is 9.46. The summed E-state index contributed by atoms with van der Waals surface area (Å²) in [6.07, 6.45) is 0. The number of para-hydroxylation sites is 1. The van der Waals surface area contributed by atoms with E-state index in [1.165, 1.54) is 24.3 Å². The van der Waals surface area contributed by atoms with E-state index in [-0.39, 0.29) is 11.3 Å². The van der Waals surface area contributed by atoms with Crippen LogP contribution in [-0.4, -0.2) is 16.0 Å². The van der Waals surface area contributed by atoms with Gasteiger partial charge in [-0.1, -0.05) is 18.2 Å². The van der Waals surface area contributed by atoms with Crippen molar-refractivity contribution in [1.29, 1.82) is 0 Å². The molecule has 7 heteroatoms. The number of rotatable bonds is 5. The van der Waals surface area contributed by atoms with Crippen molar-refractivity contribution in [3.8, 4) is 5.75 Å². The van der Waals surface area contributed by atoms with Crippen LogP contribution in [0.25, 0.3) is 0 Å². The van der Waals surface area contributed by atoms with Crippen LogP contribution in [0.1, 0.15) is 10.4 Å². The smallest absolute Gasteiger partial charge is 0.478 e. The quantitative estimate of drug-likeness (QED) is 0.733. The van der Waals surface area contributed by atoms with Gasteiger partial charge in [0.05, 0.1) is 5.56 Å². The van der Waals surface area contributed by atoms with E-state index in [2.05, 4.69) is 5.09 Å². The lowest BCUT2D eigenvalue weighted by Gasteiger charge is -2.15. The molecule has 104 valence electrons. The average molecular weight is 293 g/mol. The molecule has 0 aromatic heterocycles. The van der Waals surface area contributed by atoms with E-state index < -0.39 is 13.7 Å². The van der Waals surface area contributed by atoms with Gasteiger partial charge in [0.2, 0.25) is 0 Å². The second-order valence-electron chi connectivity index (χ2n) is 3.92. The first-order valence-electron chi connectivity index (χ1n) is 5.65. The summed E-state index contributed by atoms with van der Waals surface area (Å²) < 4.78 is 16.8. The average Bonchev–Trinajstić information content (AvgIpc) is 2.39. The summed E-state index contributed by atoms with van der Waals surface area (Å²) >= 11 is 0. The molecule has 0 aliphatic carbocycles. The number of aromatic carboxylic acids is 1. The van der Waals surface area contributed by atoms with Gasteiger partial charge < -0.3 is 9.63 Å². The molecule has 3 N–H and O–H groups in total. The number of carbonyl (C=O) groups is 1. The number of nitrogens with one attached hydrogen (secondary N) is 1. The van der Waals surface area contributed by atoms with E-state index >= 15 is 0 Å². The predicted molar refractivity (Wildman–Crippen MR) is 73.9 cm³/mol. The summed E-state index contributed by atoms with van der Waals surface area (Å²) in [6.45, 7) is 0. The molecular formula is C13H12NO5P. The maximum atomic E-state index is 11.9. The molecule has 0 saturated carbocycles. The van der Waals surface area contributed by atoms with E-state index in [9.17, 15) is 14.3 Å². The maximum Gasteiger partial charge on any atom is 0.483 e. The van der Waals surface area contributed by atoms with Crippen molar-refractivity contribution >= 4 is 19.4 Å². The van der Waals surface area contributed by atoms with Gasteiger partial charge in [-0.2, -0.15) is 0 Å². The molecule has 0 fully saturated rings. The summed E-state index contributed by atoms with van der Waals surface area (Å²) in [5, 5.41) is 11.1. The van der Waals surface area contributed by atoms with Crippen LogP contribution in [0.5, 0.6) is 5.75 Å². The summed E-state index contributed by atoms with van der Waals surface area (Å²) in [5.41, 5.74) is 0.515. The first-order valence-corrected chi connectivity index (χ1v) is 7.23. The van der Waals surface area contributed by atoms with Crippen LogP contribution < -0.4 is 9.61 Å². The summed E-state index contributed by atoms with van der Waals surface area (Å²) in [4.78, 5) is 20.4. The molecule has 0 aliphatic rings. The molecule has 0 amide bonds. The van der Waals surface area contributed by atoms with Crippen LogP contribution in [0.3, 0.4) is 0 Å². The summed E-state index contributed by atoms with van der Waals surface area (Å²) in [5.74, 6) is -0.976. The number of anilines is 1. The SMILES string of the molecule is O=C(O)c1ccc(OP(=O)(O)Nc2ccccc2)cc1. The fourth-order valence-corrected chi connectivity index (χ4v) is 2.43. The molecule has 2 rings (SSSR count). The van der Waals surface area contributed by atoms with Gasteiger partial charge in [-0.05, 0) is 36.4 Å². The van der Waals surface area contributed by atoms with Gasteiger partial charge in [0, 0.05) is 5.69 Å². The van der Waals surface area contributed by atoms with Gasteiger partial charge in [-0.15, -0.1) is 0 Å². The molecule has 0 spiro atoms. The van der Waals surface area contributed by atoms with Crippen molar-refractivity contribution in [2.24, 2.45) is 0 Å². The van der Waals surface area contributed by atoms with Crippen LogP contribution in [0, 0.1) is 0 Å². The Hall–Kier alpha value is -2.30. The number of benzene rings is 2. The van der Waals surface area contributed by atoms with Crippen molar-refractivity contribution in [3.63, 3.8) is 0 Å². The van der Waals surface area contributed by atoms with Crippen molar-refractivity contribution in [1.82, 2.24) is 0 Å². The Kier molecular flexibility index (Phi) is 4.08. The first kappa shape index (κ1) is 14.1. The van der Waals surface area contributed by atoms with Crippen LogP contribution in [0.4, 0.5) is 5.69 Å². The second-order valence-corrected chi connectivity index (χ2v) is 5.37. The summed E-state index contributed by atoms with van der Waals surface area (Å²) in [6, 6.07) is 13.7. The lowest BCUT2D eigenvalue weighted by atomic mass is 10.2. The molecule has 2 aromatic carbocycles. The fourth-order valence-electron chi connectivity index (χ4n) is 1.50. The van der Waals surface area contributed by atoms with E-state index in [0.29, 0.717) is 5.69 Å². The molecule has 0 heterocycles. The molecule has 6 nitrogen and oxygen atoms in total. The molecule has 2 aromatic rings. The lowest BCUT2D eigenvalue weighted by Crippen LogP contribution is -2.03. The zero-order valence-electron chi connectivity index (χ0n) is 10.3. The monoisotopic (exact) mass is 293 g/mol. The van der Waals surface area contributed by atoms with Gasteiger partial charge in [-0.25, -0.2) is 9.36 Å². The summed E-state index contributed by atoms with van der Waals surface area (Å²) in [7, 11) is -4.07. The molecule has 0 bridgehead atoms. The van der Waals surface area contributed by atoms with Crippen molar-refractivity contribution in [2.45, 2.75) is 0 Å². The number of carboxylic acids is 1.